The van der Waals surface area contributed by atoms with Crippen LogP contribution in [0, 0.1) is 0 Å². The van der Waals surface area contributed by atoms with Crippen molar-refractivity contribution in [1.82, 2.24) is 0 Å². The molecule has 1 aromatic heterocycles. The molecule has 3 N–H and O–H groups in total. The first-order valence-corrected chi connectivity index (χ1v) is 6.40. The van der Waals surface area contributed by atoms with E-state index in [0.29, 0.717) is 11.5 Å². The topological polar surface area (TPSA) is 90.6 Å². The molecule has 6 nitrogen and oxygen atoms in total. The van der Waals surface area contributed by atoms with Gasteiger partial charge in [-0.05, 0) is 6.92 Å². The number of anilines is 2. The minimum absolute atomic E-state index is 0.0712. The third-order valence-corrected chi connectivity index (χ3v) is 3.35. The maximum absolute atomic E-state index is 11.9. The summed E-state index contributed by atoms with van der Waals surface area (Å²) in [6.45, 7) is 5.93. The lowest BCUT2D eigenvalue weighted by molar-refractivity contribution is 0.0529. The fourth-order valence-corrected chi connectivity index (χ4v) is 2.42. The van der Waals surface area contributed by atoms with E-state index in [0.717, 1.165) is 11.3 Å². The highest BCUT2D eigenvalue weighted by Crippen LogP contribution is 2.36. The average molecular weight is 284 g/mol. The molecule has 0 bridgehead atoms. The van der Waals surface area contributed by atoms with E-state index in [4.69, 9.17) is 10.5 Å². The van der Waals surface area contributed by atoms with Crippen LogP contribution in [0.2, 0.25) is 0 Å². The van der Waals surface area contributed by atoms with Crippen LogP contribution in [0.5, 0.6) is 0 Å². The number of esters is 2. The molecule has 0 saturated carbocycles. The number of nitrogens with one attached hydrogen (secondary N) is 1. The first kappa shape index (κ1) is 15.0. The summed E-state index contributed by atoms with van der Waals surface area (Å²) in [6.07, 6.45) is 1.63. The number of carbonyl (C=O) groups excluding carboxylic acids is 2. The maximum atomic E-state index is 11.9. The van der Waals surface area contributed by atoms with Gasteiger partial charge in [0.15, 0.2) is 0 Å². The van der Waals surface area contributed by atoms with E-state index in [1.807, 2.05) is 0 Å². The van der Waals surface area contributed by atoms with Crippen molar-refractivity contribution in [2.75, 3.05) is 31.3 Å². The third kappa shape index (κ3) is 3.25. The first-order valence-electron chi connectivity index (χ1n) is 5.59. The Morgan fingerprint density at radius 3 is 2.68 bits per heavy atom. The second kappa shape index (κ2) is 6.79. The molecule has 0 saturated heterocycles. The molecule has 19 heavy (non-hydrogen) atoms. The van der Waals surface area contributed by atoms with Gasteiger partial charge in [-0.3, -0.25) is 0 Å². The van der Waals surface area contributed by atoms with Crippen molar-refractivity contribution >= 4 is 34.0 Å². The summed E-state index contributed by atoms with van der Waals surface area (Å²) >= 11 is 1.05. The van der Waals surface area contributed by atoms with Gasteiger partial charge in [-0.25, -0.2) is 9.59 Å². The van der Waals surface area contributed by atoms with Gasteiger partial charge in [0.25, 0.3) is 0 Å². The highest BCUT2D eigenvalue weighted by atomic mass is 32.1. The molecule has 7 heteroatoms. The van der Waals surface area contributed by atoms with Gasteiger partial charge in [0.1, 0.15) is 15.4 Å². The molecular formula is C12H16N2O4S. The maximum Gasteiger partial charge on any atom is 0.350 e. The number of carbonyl (C=O) groups is 2. The number of hydrogen-bond donors (Lipinski definition) is 2. The smallest absolute Gasteiger partial charge is 0.350 e. The van der Waals surface area contributed by atoms with Crippen LogP contribution in [0.15, 0.2) is 12.7 Å². The molecule has 0 aliphatic heterocycles. The Balaban J connectivity index is 3.22. The summed E-state index contributed by atoms with van der Waals surface area (Å²) in [5, 5.41) is 3.42. The van der Waals surface area contributed by atoms with Crippen LogP contribution in [0.3, 0.4) is 0 Å². The van der Waals surface area contributed by atoms with Crippen LogP contribution in [0.1, 0.15) is 27.0 Å². The van der Waals surface area contributed by atoms with Gasteiger partial charge in [0.05, 0.1) is 19.4 Å². The van der Waals surface area contributed by atoms with Crippen molar-refractivity contribution in [2.24, 2.45) is 0 Å². The number of methoxy groups -OCH3 is 1. The zero-order chi connectivity index (χ0) is 14.4. The molecule has 0 aliphatic carbocycles. The summed E-state index contributed by atoms with van der Waals surface area (Å²) in [6, 6.07) is 0. The largest absolute Gasteiger partial charge is 0.465 e. The van der Waals surface area contributed by atoms with Gasteiger partial charge >= 0.3 is 11.9 Å². The van der Waals surface area contributed by atoms with E-state index in [1.165, 1.54) is 7.11 Å². The predicted octanol–water partition coefficient (Wildman–Crippen LogP) is 1.89. The molecule has 0 atom stereocenters. The number of nitrogen functional groups attached to an aromatic ring is 1. The lowest BCUT2D eigenvalue weighted by atomic mass is 10.2. The molecule has 0 amide bonds. The van der Waals surface area contributed by atoms with Gasteiger partial charge in [-0.1, -0.05) is 6.08 Å². The second-order valence-corrected chi connectivity index (χ2v) is 4.45. The quantitative estimate of drug-likeness (QED) is 0.612. The van der Waals surface area contributed by atoms with Crippen LogP contribution >= 0.6 is 11.3 Å². The van der Waals surface area contributed by atoms with Gasteiger partial charge in [0.2, 0.25) is 0 Å². The minimum atomic E-state index is -0.584. The van der Waals surface area contributed by atoms with E-state index in [-0.39, 0.29) is 22.7 Å². The van der Waals surface area contributed by atoms with Crippen molar-refractivity contribution in [3.8, 4) is 0 Å². The van der Waals surface area contributed by atoms with Crippen molar-refractivity contribution in [2.45, 2.75) is 6.92 Å². The molecule has 0 fully saturated rings. The summed E-state index contributed by atoms with van der Waals surface area (Å²) in [5.41, 5.74) is 6.06. The molecule has 104 valence electrons. The standard InChI is InChI=1S/C12H16N2O4S/c1-4-6-14-10-7(11(15)18-5-2)8(13)9(19-10)12(16)17-3/h4,14H,1,5-6,13H2,2-3H3. The van der Waals surface area contributed by atoms with E-state index in [2.05, 4.69) is 16.6 Å². The predicted molar refractivity (Wildman–Crippen MR) is 74.7 cm³/mol. The fraction of sp³-hybridized carbons (Fsp3) is 0.333. The molecule has 1 heterocycles. The number of nitrogens with two attached hydrogens (primary N) is 1. The monoisotopic (exact) mass is 284 g/mol. The Hall–Kier alpha value is -2.02. The van der Waals surface area contributed by atoms with Crippen LogP contribution < -0.4 is 11.1 Å². The zero-order valence-electron chi connectivity index (χ0n) is 10.8. The highest BCUT2D eigenvalue weighted by Gasteiger charge is 2.26. The Bertz CT molecular complexity index is 496. The van der Waals surface area contributed by atoms with E-state index in [1.54, 1.807) is 13.0 Å². The Morgan fingerprint density at radius 1 is 1.47 bits per heavy atom. The summed E-state index contributed by atoms with van der Waals surface area (Å²) in [5.74, 6) is -1.15. The normalized spacial score (nSPS) is 9.79. The van der Waals surface area contributed by atoms with Crippen LogP contribution in [-0.4, -0.2) is 32.2 Å². The molecular weight excluding hydrogens is 268 g/mol. The van der Waals surface area contributed by atoms with Crippen molar-refractivity contribution in [1.29, 1.82) is 0 Å². The van der Waals surface area contributed by atoms with Crippen molar-refractivity contribution in [3.05, 3.63) is 23.1 Å². The lowest BCUT2D eigenvalue weighted by Gasteiger charge is -2.05. The molecule has 0 unspecified atom stereocenters. The molecule has 0 spiro atoms. The molecule has 0 radical (unpaired) electrons. The van der Waals surface area contributed by atoms with Crippen LogP contribution in [-0.2, 0) is 9.47 Å². The van der Waals surface area contributed by atoms with Gasteiger partial charge in [-0.2, -0.15) is 0 Å². The average Bonchev–Trinajstić information content (AvgIpc) is 2.72. The summed E-state index contributed by atoms with van der Waals surface area (Å²) < 4.78 is 9.55. The van der Waals surface area contributed by atoms with Gasteiger partial charge in [0, 0.05) is 6.54 Å². The van der Waals surface area contributed by atoms with Gasteiger partial charge < -0.3 is 20.5 Å². The molecule has 1 rings (SSSR count). The molecule has 0 aliphatic rings. The molecule has 0 aromatic carbocycles. The number of ether oxygens (including phenoxy) is 2. The third-order valence-electron chi connectivity index (χ3n) is 2.20. The van der Waals surface area contributed by atoms with E-state index in [9.17, 15) is 9.59 Å². The van der Waals surface area contributed by atoms with Crippen molar-refractivity contribution < 1.29 is 19.1 Å². The fourth-order valence-electron chi connectivity index (χ4n) is 1.38. The minimum Gasteiger partial charge on any atom is -0.465 e. The summed E-state index contributed by atoms with van der Waals surface area (Å²) in [7, 11) is 1.25. The molecule has 1 aromatic rings. The van der Waals surface area contributed by atoms with Crippen LogP contribution in [0.25, 0.3) is 0 Å². The Labute approximate surface area is 115 Å². The van der Waals surface area contributed by atoms with E-state index >= 15 is 0 Å². The Kier molecular flexibility index (Phi) is 5.37. The van der Waals surface area contributed by atoms with E-state index < -0.39 is 11.9 Å². The van der Waals surface area contributed by atoms with Gasteiger partial charge in [-0.15, -0.1) is 17.9 Å². The Morgan fingerprint density at radius 2 is 2.16 bits per heavy atom. The first-order chi connectivity index (χ1) is 9.06. The van der Waals surface area contributed by atoms with Crippen molar-refractivity contribution in [3.63, 3.8) is 0 Å². The zero-order valence-corrected chi connectivity index (χ0v) is 11.6. The highest BCUT2D eigenvalue weighted by molar-refractivity contribution is 7.19. The number of thiophene rings is 1. The number of hydrogen-bond acceptors (Lipinski definition) is 7. The SMILES string of the molecule is C=CCNc1sc(C(=O)OC)c(N)c1C(=O)OCC. The number of rotatable bonds is 6. The second-order valence-electron chi connectivity index (χ2n) is 3.43. The summed E-state index contributed by atoms with van der Waals surface area (Å²) in [4.78, 5) is 23.6. The lowest BCUT2D eigenvalue weighted by Crippen LogP contribution is -2.11. The van der Waals surface area contributed by atoms with Crippen LogP contribution in [0.4, 0.5) is 10.7 Å².